The lowest BCUT2D eigenvalue weighted by Gasteiger charge is -2.02. The van der Waals surface area contributed by atoms with E-state index in [1.807, 2.05) is 13.0 Å². The first-order valence-corrected chi connectivity index (χ1v) is 6.25. The maximum absolute atomic E-state index is 13.6. The van der Waals surface area contributed by atoms with Gasteiger partial charge in [0.2, 0.25) is 0 Å². The largest absolute Gasteiger partial charge is 0.348 e. The Labute approximate surface area is 118 Å². The van der Waals surface area contributed by atoms with Crippen molar-refractivity contribution in [1.29, 1.82) is 0 Å². The molecule has 2 heterocycles. The number of benzene rings is 1. The molecule has 0 saturated heterocycles. The van der Waals surface area contributed by atoms with Gasteiger partial charge in [-0.15, -0.1) is 0 Å². The fourth-order valence-electron chi connectivity index (χ4n) is 2.01. The summed E-state index contributed by atoms with van der Waals surface area (Å²) in [4.78, 5) is 18.8. The second-order valence-corrected chi connectivity index (χ2v) is 4.71. The fraction of sp³-hybridized carbons (Fsp3) is 0.0667. The lowest BCUT2D eigenvalue weighted by atomic mass is 10.2. The number of H-pyrrole nitrogens is 1. The molecule has 1 amide bonds. The summed E-state index contributed by atoms with van der Waals surface area (Å²) in [6, 6.07) is 6.79. The van der Waals surface area contributed by atoms with Crippen molar-refractivity contribution in [2.45, 2.75) is 6.92 Å². The molecule has 3 rings (SSSR count). The number of aromatic nitrogens is 2. The lowest BCUT2D eigenvalue weighted by molar-refractivity contribution is 0.102. The molecule has 3 aromatic rings. The highest BCUT2D eigenvalue weighted by Gasteiger charge is 2.13. The molecule has 0 aliphatic carbocycles. The van der Waals surface area contributed by atoms with E-state index >= 15 is 0 Å². The molecule has 0 atom stereocenters. The van der Waals surface area contributed by atoms with Crippen LogP contribution in [0.2, 0.25) is 0 Å². The summed E-state index contributed by atoms with van der Waals surface area (Å²) in [6.45, 7) is 1.88. The molecule has 0 saturated carbocycles. The number of amides is 1. The molecule has 2 N–H and O–H groups in total. The quantitative estimate of drug-likeness (QED) is 0.759. The maximum Gasteiger partial charge on any atom is 0.273 e. The lowest BCUT2D eigenvalue weighted by Crippen LogP contribution is -2.13. The van der Waals surface area contributed by atoms with Crippen LogP contribution >= 0.6 is 0 Å². The Bertz CT molecular complexity index is 825. The molecule has 0 spiro atoms. The van der Waals surface area contributed by atoms with Gasteiger partial charge in [0.15, 0.2) is 0 Å². The van der Waals surface area contributed by atoms with E-state index in [1.54, 1.807) is 12.3 Å². The van der Waals surface area contributed by atoms with Crippen molar-refractivity contribution in [3.8, 4) is 0 Å². The van der Waals surface area contributed by atoms with E-state index in [4.69, 9.17) is 0 Å². The van der Waals surface area contributed by atoms with E-state index in [1.165, 1.54) is 6.07 Å². The molecule has 4 nitrogen and oxygen atoms in total. The summed E-state index contributed by atoms with van der Waals surface area (Å²) in [5, 5.41) is 2.88. The van der Waals surface area contributed by atoms with Crippen LogP contribution in [0.15, 0.2) is 36.5 Å². The molecule has 6 heteroatoms. The average molecular weight is 287 g/mol. The van der Waals surface area contributed by atoms with Gasteiger partial charge in [-0.2, -0.15) is 0 Å². The van der Waals surface area contributed by atoms with Crippen molar-refractivity contribution in [3.05, 3.63) is 59.4 Å². The highest BCUT2D eigenvalue weighted by atomic mass is 19.1. The SMILES string of the molecule is Cc1ccc(NC(=O)c2cc3cc(F)cc(F)c3[nH]2)nc1. The topological polar surface area (TPSA) is 57.8 Å². The summed E-state index contributed by atoms with van der Waals surface area (Å²) < 4.78 is 26.7. The number of aryl methyl sites for hydroxylation is 1. The van der Waals surface area contributed by atoms with E-state index in [2.05, 4.69) is 15.3 Å². The van der Waals surface area contributed by atoms with Crippen LogP contribution in [0, 0.1) is 18.6 Å². The number of carbonyl (C=O) groups excluding carboxylic acids is 1. The monoisotopic (exact) mass is 287 g/mol. The van der Waals surface area contributed by atoms with Gasteiger partial charge in [-0.25, -0.2) is 13.8 Å². The zero-order chi connectivity index (χ0) is 15.0. The third-order valence-corrected chi connectivity index (χ3v) is 3.04. The van der Waals surface area contributed by atoms with Crippen LogP contribution in [-0.4, -0.2) is 15.9 Å². The van der Waals surface area contributed by atoms with Crippen molar-refractivity contribution in [2.75, 3.05) is 5.32 Å². The molecule has 0 radical (unpaired) electrons. The average Bonchev–Trinajstić information content (AvgIpc) is 2.85. The van der Waals surface area contributed by atoms with Gasteiger partial charge in [0.1, 0.15) is 23.1 Å². The highest BCUT2D eigenvalue weighted by Crippen LogP contribution is 2.20. The summed E-state index contributed by atoms with van der Waals surface area (Å²) >= 11 is 0. The molecule has 0 fully saturated rings. The number of carbonyl (C=O) groups is 1. The smallest absolute Gasteiger partial charge is 0.273 e. The fourth-order valence-corrected chi connectivity index (χ4v) is 2.01. The number of fused-ring (bicyclic) bond motifs is 1. The Morgan fingerprint density at radius 1 is 1.24 bits per heavy atom. The van der Waals surface area contributed by atoms with E-state index in [9.17, 15) is 13.6 Å². The van der Waals surface area contributed by atoms with Gasteiger partial charge in [-0.1, -0.05) is 6.07 Å². The molecule has 1 aromatic carbocycles. The molecule has 21 heavy (non-hydrogen) atoms. The molecule has 2 aromatic heterocycles. The van der Waals surface area contributed by atoms with Crippen LogP contribution in [0.5, 0.6) is 0 Å². The zero-order valence-corrected chi connectivity index (χ0v) is 11.1. The van der Waals surface area contributed by atoms with Crippen LogP contribution in [0.4, 0.5) is 14.6 Å². The number of hydrogen-bond donors (Lipinski definition) is 2. The predicted octanol–water partition coefficient (Wildman–Crippen LogP) is 3.40. The Morgan fingerprint density at radius 3 is 2.76 bits per heavy atom. The molecule has 0 unspecified atom stereocenters. The third-order valence-electron chi connectivity index (χ3n) is 3.04. The number of anilines is 1. The van der Waals surface area contributed by atoms with Crippen molar-refractivity contribution in [1.82, 2.24) is 9.97 Å². The molecular weight excluding hydrogens is 276 g/mol. The Morgan fingerprint density at radius 2 is 2.05 bits per heavy atom. The van der Waals surface area contributed by atoms with E-state index in [0.29, 0.717) is 11.2 Å². The Hall–Kier alpha value is -2.76. The van der Waals surface area contributed by atoms with Gasteiger partial charge in [-0.05, 0) is 30.7 Å². The van der Waals surface area contributed by atoms with Gasteiger partial charge in [0.25, 0.3) is 5.91 Å². The Balaban J connectivity index is 1.91. The third kappa shape index (κ3) is 2.60. The van der Waals surface area contributed by atoms with Gasteiger partial charge < -0.3 is 10.3 Å². The van der Waals surface area contributed by atoms with E-state index in [-0.39, 0.29) is 11.2 Å². The molecule has 0 aliphatic rings. The van der Waals surface area contributed by atoms with Crippen molar-refractivity contribution >= 4 is 22.6 Å². The minimum atomic E-state index is -0.738. The number of aromatic amines is 1. The first-order chi connectivity index (χ1) is 10.0. The van der Waals surface area contributed by atoms with E-state index in [0.717, 1.165) is 17.7 Å². The van der Waals surface area contributed by atoms with Crippen LogP contribution < -0.4 is 5.32 Å². The number of halogens is 2. The summed E-state index contributed by atoms with van der Waals surface area (Å²) in [7, 11) is 0. The number of nitrogens with one attached hydrogen (secondary N) is 2. The van der Waals surface area contributed by atoms with Gasteiger partial charge in [-0.3, -0.25) is 4.79 Å². The normalized spacial score (nSPS) is 10.8. The van der Waals surface area contributed by atoms with Gasteiger partial charge >= 0.3 is 0 Å². The predicted molar refractivity (Wildman–Crippen MR) is 75.1 cm³/mol. The Kier molecular flexibility index (Phi) is 3.13. The number of nitrogens with zero attached hydrogens (tertiary/aromatic N) is 1. The van der Waals surface area contributed by atoms with E-state index < -0.39 is 17.5 Å². The van der Waals surface area contributed by atoms with Crippen LogP contribution in [0.1, 0.15) is 16.1 Å². The van der Waals surface area contributed by atoms with Crippen LogP contribution in [0.3, 0.4) is 0 Å². The van der Waals surface area contributed by atoms with Gasteiger partial charge in [0.05, 0.1) is 5.52 Å². The first kappa shape index (κ1) is 13.2. The van der Waals surface area contributed by atoms with Crippen molar-refractivity contribution in [2.24, 2.45) is 0 Å². The standard InChI is InChI=1S/C15H11F2N3O/c1-8-2-3-13(18-7-8)20-15(21)12-5-9-4-10(16)6-11(17)14(9)19-12/h2-7,19H,1H3,(H,18,20,21). The summed E-state index contributed by atoms with van der Waals surface area (Å²) in [5.74, 6) is -1.51. The van der Waals surface area contributed by atoms with Crippen LogP contribution in [0.25, 0.3) is 10.9 Å². The zero-order valence-electron chi connectivity index (χ0n) is 11.1. The first-order valence-electron chi connectivity index (χ1n) is 6.25. The molecule has 106 valence electrons. The minimum Gasteiger partial charge on any atom is -0.348 e. The number of rotatable bonds is 2. The molecule has 0 bridgehead atoms. The maximum atomic E-state index is 13.6. The second-order valence-electron chi connectivity index (χ2n) is 4.71. The summed E-state index contributed by atoms with van der Waals surface area (Å²) in [5.41, 5.74) is 1.20. The second kappa shape index (κ2) is 4.97. The summed E-state index contributed by atoms with van der Waals surface area (Å²) in [6.07, 6.45) is 1.62. The highest BCUT2D eigenvalue weighted by molar-refractivity contribution is 6.05. The molecular formula is C15H11F2N3O. The number of pyridine rings is 1. The molecule has 0 aliphatic heterocycles. The van der Waals surface area contributed by atoms with Crippen molar-refractivity contribution in [3.63, 3.8) is 0 Å². The van der Waals surface area contributed by atoms with Gasteiger partial charge in [0, 0.05) is 17.6 Å². The van der Waals surface area contributed by atoms with Crippen LogP contribution in [-0.2, 0) is 0 Å². The minimum absolute atomic E-state index is 0.0958. The number of hydrogen-bond acceptors (Lipinski definition) is 2. The van der Waals surface area contributed by atoms with Crippen molar-refractivity contribution < 1.29 is 13.6 Å².